The molecule has 0 atom stereocenters. The Hall–Kier alpha value is -1.91. The number of aryl methyl sites for hydroxylation is 3. The van der Waals surface area contributed by atoms with Crippen molar-refractivity contribution >= 4 is 5.82 Å². The summed E-state index contributed by atoms with van der Waals surface area (Å²) in [6.45, 7) is 6.22. The quantitative estimate of drug-likeness (QED) is 0.853. The SMILES string of the molecule is Cc1nccc(NCc2nc(C)c(C)o2)n1. The number of nitrogens with one attached hydrogen (secondary N) is 1. The van der Waals surface area contributed by atoms with E-state index in [0.717, 1.165) is 23.1 Å². The zero-order valence-electron chi connectivity index (χ0n) is 9.61. The van der Waals surface area contributed by atoms with Crippen LogP contribution in [0.25, 0.3) is 0 Å². The van der Waals surface area contributed by atoms with Crippen LogP contribution in [0.15, 0.2) is 16.7 Å². The van der Waals surface area contributed by atoms with Gasteiger partial charge in [0.05, 0.1) is 12.2 Å². The van der Waals surface area contributed by atoms with Crippen molar-refractivity contribution in [2.45, 2.75) is 27.3 Å². The molecular weight excluding hydrogens is 204 g/mol. The number of nitrogens with zero attached hydrogens (tertiary/aromatic N) is 3. The van der Waals surface area contributed by atoms with Crippen molar-refractivity contribution in [3.63, 3.8) is 0 Å². The molecule has 0 aliphatic rings. The molecule has 0 spiro atoms. The van der Waals surface area contributed by atoms with Crippen molar-refractivity contribution in [3.8, 4) is 0 Å². The highest BCUT2D eigenvalue weighted by Crippen LogP contribution is 2.10. The fourth-order valence-corrected chi connectivity index (χ4v) is 1.34. The van der Waals surface area contributed by atoms with Crippen molar-refractivity contribution in [2.24, 2.45) is 0 Å². The highest BCUT2D eigenvalue weighted by atomic mass is 16.4. The highest BCUT2D eigenvalue weighted by Gasteiger charge is 2.05. The van der Waals surface area contributed by atoms with E-state index in [-0.39, 0.29) is 0 Å². The molecular formula is C11H14N4O. The first-order valence-corrected chi connectivity index (χ1v) is 5.11. The van der Waals surface area contributed by atoms with Gasteiger partial charge >= 0.3 is 0 Å². The fourth-order valence-electron chi connectivity index (χ4n) is 1.34. The Bertz CT molecular complexity index is 473. The first-order valence-electron chi connectivity index (χ1n) is 5.11. The maximum atomic E-state index is 5.45. The topological polar surface area (TPSA) is 63.8 Å². The molecule has 0 radical (unpaired) electrons. The zero-order valence-corrected chi connectivity index (χ0v) is 9.61. The summed E-state index contributed by atoms with van der Waals surface area (Å²) >= 11 is 0. The van der Waals surface area contributed by atoms with Crippen LogP contribution in [0.4, 0.5) is 5.82 Å². The van der Waals surface area contributed by atoms with Crippen molar-refractivity contribution < 1.29 is 4.42 Å². The number of hydrogen-bond acceptors (Lipinski definition) is 5. The van der Waals surface area contributed by atoms with Gasteiger partial charge in [-0.05, 0) is 26.8 Å². The van der Waals surface area contributed by atoms with Crippen LogP contribution in [0.1, 0.15) is 23.2 Å². The summed E-state index contributed by atoms with van der Waals surface area (Å²) in [5.41, 5.74) is 0.927. The minimum absolute atomic E-state index is 0.533. The fraction of sp³-hybridized carbons (Fsp3) is 0.364. The minimum atomic E-state index is 0.533. The van der Waals surface area contributed by atoms with Crippen LogP contribution in [-0.2, 0) is 6.54 Å². The normalized spacial score (nSPS) is 10.4. The van der Waals surface area contributed by atoms with Gasteiger partial charge in [-0.15, -0.1) is 0 Å². The Morgan fingerprint density at radius 2 is 2.06 bits per heavy atom. The Kier molecular flexibility index (Phi) is 2.85. The maximum absolute atomic E-state index is 5.45. The average Bonchev–Trinajstić information content (AvgIpc) is 2.56. The molecule has 0 unspecified atom stereocenters. The predicted molar refractivity (Wildman–Crippen MR) is 60.1 cm³/mol. The molecule has 84 valence electrons. The molecule has 2 heterocycles. The third-order valence-electron chi connectivity index (χ3n) is 2.27. The van der Waals surface area contributed by atoms with E-state index in [4.69, 9.17) is 4.42 Å². The highest BCUT2D eigenvalue weighted by molar-refractivity contribution is 5.32. The number of oxazole rings is 1. The summed E-state index contributed by atoms with van der Waals surface area (Å²) in [6.07, 6.45) is 1.72. The molecule has 0 bridgehead atoms. The number of rotatable bonds is 3. The second kappa shape index (κ2) is 4.30. The molecule has 2 aromatic heterocycles. The molecule has 0 aliphatic carbocycles. The van der Waals surface area contributed by atoms with Gasteiger partial charge in [-0.3, -0.25) is 0 Å². The van der Waals surface area contributed by atoms with Gasteiger partial charge in [-0.1, -0.05) is 0 Å². The van der Waals surface area contributed by atoms with E-state index < -0.39 is 0 Å². The van der Waals surface area contributed by atoms with Crippen LogP contribution in [0.2, 0.25) is 0 Å². The Balaban J connectivity index is 2.02. The van der Waals surface area contributed by atoms with Crippen molar-refractivity contribution in [1.82, 2.24) is 15.0 Å². The Labute approximate surface area is 94.0 Å². The molecule has 5 nitrogen and oxygen atoms in total. The summed E-state index contributed by atoms with van der Waals surface area (Å²) in [5, 5.41) is 3.13. The Morgan fingerprint density at radius 1 is 1.25 bits per heavy atom. The smallest absolute Gasteiger partial charge is 0.213 e. The van der Waals surface area contributed by atoms with E-state index >= 15 is 0 Å². The molecule has 0 aliphatic heterocycles. The van der Waals surface area contributed by atoms with Gasteiger partial charge in [0.25, 0.3) is 0 Å². The van der Waals surface area contributed by atoms with Crippen LogP contribution in [0.3, 0.4) is 0 Å². The van der Waals surface area contributed by atoms with Crippen LogP contribution in [-0.4, -0.2) is 15.0 Å². The van der Waals surface area contributed by atoms with E-state index in [1.165, 1.54) is 0 Å². The zero-order chi connectivity index (χ0) is 11.5. The number of hydrogen-bond donors (Lipinski definition) is 1. The maximum Gasteiger partial charge on any atom is 0.213 e. The van der Waals surface area contributed by atoms with Crippen LogP contribution in [0, 0.1) is 20.8 Å². The summed E-state index contributed by atoms with van der Waals surface area (Å²) in [6, 6.07) is 1.82. The van der Waals surface area contributed by atoms with E-state index in [1.54, 1.807) is 6.20 Å². The third-order valence-corrected chi connectivity index (χ3v) is 2.27. The van der Waals surface area contributed by atoms with Crippen molar-refractivity contribution in [3.05, 3.63) is 35.4 Å². The number of anilines is 1. The summed E-state index contributed by atoms with van der Waals surface area (Å²) in [7, 11) is 0. The predicted octanol–water partition coefficient (Wildman–Crippen LogP) is 2.00. The standard InChI is InChI=1S/C11H14N4O/c1-7-8(2)16-11(14-7)6-13-10-4-5-12-9(3)15-10/h4-5H,6H2,1-3H3,(H,12,13,15). The molecule has 0 amide bonds. The van der Waals surface area contributed by atoms with E-state index in [0.29, 0.717) is 12.4 Å². The lowest BCUT2D eigenvalue weighted by Gasteiger charge is -2.02. The molecule has 0 saturated carbocycles. The van der Waals surface area contributed by atoms with Gasteiger partial charge in [0.2, 0.25) is 5.89 Å². The second-order valence-corrected chi connectivity index (χ2v) is 3.59. The summed E-state index contributed by atoms with van der Waals surface area (Å²) in [4.78, 5) is 12.5. The second-order valence-electron chi connectivity index (χ2n) is 3.59. The molecule has 1 N–H and O–H groups in total. The molecule has 0 fully saturated rings. The lowest BCUT2D eigenvalue weighted by molar-refractivity contribution is 0.478. The van der Waals surface area contributed by atoms with Gasteiger partial charge in [0, 0.05) is 6.20 Å². The lowest BCUT2D eigenvalue weighted by atomic mass is 10.4. The van der Waals surface area contributed by atoms with Crippen LogP contribution in [0.5, 0.6) is 0 Å². The van der Waals surface area contributed by atoms with Crippen molar-refractivity contribution in [2.75, 3.05) is 5.32 Å². The minimum Gasteiger partial charge on any atom is -0.444 e. The molecule has 0 saturated heterocycles. The molecule has 0 aromatic carbocycles. The van der Waals surface area contributed by atoms with Gasteiger partial charge in [-0.2, -0.15) is 0 Å². The molecule has 16 heavy (non-hydrogen) atoms. The summed E-state index contributed by atoms with van der Waals surface area (Å²) < 4.78 is 5.45. The van der Waals surface area contributed by atoms with Gasteiger partial charge in [-0.25, -0.2) is 15.0 Å². The molecule has 5 heteroatoms. The van der Waals surface area contributed by atoms with Crippen molar-refractivity contribution in [1.29, 1.82) is 0 Å². The monoisotopic (exact) mass is 218 g/mol. The van der Waals surface area contributed by atoms with Gasteiger partial charge in [0.15, 0.2) is 0 Å². The lowest BCUT2D eigenvalue weighted by Crippen LogP contribution is -2.02. The van der Waals surface area contributed by atoms with E-state index in [1.807, 2.05) is 26.8 Å². The van der Waals surface area contributed by atoms with Gasteiger partial charge < -0.3 is 9.73 Å². The Morgan fingerprint density at radius 3 is 2.69 bits per heavy atom. The first kappa shape index (κ1) is 10.6. The largest absolute Gasteiger partial charge is 0.444 e. The van der Waals surface area contributed by atoms with Crippen LogP contribution < -0.4 is 5.32 Å². The van der Waals surface area contributed by atoms with E-state index in [9.17, 15) is 0 Å². The molecule has 2 aromatic rings. The first-order chi connectivity index (χ1) is 7.65. The van der Waals surface area contributed by atoms with E-state index in [2.05, 4.69) is 20.3 Å². The van der Waals surface area contributed by atoms with Gasteiger partial charge in [0.1, 0.15) is 17.4 Å². The third kappa shape index (κ3) is 2.36. The average molecular weight is 218 g/mol. The van der Waals surface area contributed by atoms with Crippen LogP contribution >= 0.6 is 0 Å². The number of aromatic nitrogens is 3. The molecule has 2 rings (SSSR count). The summed E-state index contributed by atoms with van der Waals surface area (Å²) in [5.74, 6) is 3.05.